The van der Waals surface area contributed by atoms with Gasteiger partial charge in [0.25, 0.3) is 9.70 Å². The quantitative estimate of drug-likeness (QED) is 0.820. The second kappa shape index (κ2) is 6.42. The third-order valence-electron chi connectivity index (χ3n) is 3.53. The Hall–Kier alpha value is -0.640. The van der Waals surface area contributed by atoms with Gasteiger partial charge < -0.3 is 10.2 Å². The second-order valence-corrected chi connectivity index (χ2v) is 7.42. The first-order chi connectivity index (χ1) is 9.38. The molecule has 2 rings (SSSR count). The van der Waals surface area contributed by atoms with Crippen LogP contribution in [0.25, 0.3) is 0 Å². The number of anilines is 2. The first kappa shape index (κ1) is 15.7. The molecule has 6 heteroatoms. The lowest BCUT2D eigenvalue weighted by atomic mass is 9.98. The Labute approximate surface area is 134 Å². The molecule has 1 aromatic carbocycles. The van der Waals surface area contributed by atoms with Crippen molar-refractivity contribution in [2.75, 3.05) is 23.3 Å². The third kappa shape index (κ3) is 3.94. The zero-order valence-electron chi connectivity index (χ0n) is 11.2. The average molecular weight is 336 g/mol. The fraction of sp³-hybridized carbons (Fsp3) is 0.500. The van der Waals surface area contributed by atoms with Gasteiger partial charge in [0.2, 0.25) is 0 Å². The summed E-state index contributed by atoms with van der Waals surface area (Å²) < 4.78 is -1.95. The first-order valence-electron chi connectivity index (χ1n) is 6.60. The van der Waals surface area contributed by atoms with Crippen LogP contribution in [-0.4, -0.2) is 22.8 Å². The van der Waals surface area contributed by atoms with Crippen LogP contribution in [0.5, 0.6) is 0 Å². The van der Waals surface area contributed by atoms with Crippen molar-refractivity contribution in [3.63, 3.8) is 0 Å². The van der Waals surface area contributed by atoms with Gasteiger partial charge in [0.1, 0.15) is 0 Å². The van der Waals surface area contributed by atoms with Gasteiger partial charge in [-0.15, -0.1) is 0 Å². The lowest BCUT2D eigenvalue weighted by molar-refractivity contribution is -0.115. The smallest absolute Gasteiger partial charge is 0.276 e. The normalized spacial score (nSPS) is 17.1. The molecule has 1 amide bonds. The Bertz CT molecular complexity index is 480. The van der Waals surface area contributed by atoms with Gasteiger partial charge in [0.05, 0.1) is 11.4 Å². The lowest BCUT2D eigenvalue weighted by Gasteiger charge is -2.33. The van der Waals surface area contributed by atoms with Crippen LogP contribution >= 0.6 is 34.8 Å². The summed E-state index contributed by atoms with van der Waals surface area (Å²) in [4.78, 5) is 14.1. The van der Waals surface area contributed by atoms with Crippen LogP contribution in [0.1, 0.15) is 19.8 Å². The molecule has 0 atom stereocenters. The van der Waals surface area contributed by atoms with E-state index in [0.29, 0.717) is 5.69 Å². The van der Waals surface area contributed by atoms with Crippen molar-refractivity contribution >= 4 is 52.1 Å². The number of hydrogen-bond acceptors (Lipinski definition) is 2. The van der Waals surface area contributed by atoms with Gasteiger partial charge >= 0.3 is 0 Å². The number of alkyl halides is 3. The molecule has 1 aliphatic heterocycles. The number of carbonyl (C=O) groups excluding carboxylic acids is 1. The summed E-state index contributed by atoms with van der Waals surface area (Å²) in [6.45, 7) is 4.21. The number of carbonyl (C=O) groups is 1. The van der Waals surface area contributed by atoms with Crippen molar-refractivity contribution in [2.24, 2.45) is 5.92 Å². The Morgan fingerprint density at radius 2 is 1.85 bits per heavy atom. The maximum Gasteiger partial charge on any atom is 0.276 e. The largest absolute Gasteiger partial charge is 0.370 e. The number of nitrogens with one attached hydrogen (secondary N) is 1. The SMILES string of the molecule is CC1CCN(c2ccccc2NC(=O)C(Cl)(Cl)Cl)CC1. The maximum absolute atomic E-state index is 11.8. The molecule has 0 aliphatic carbocycles. The highest BCUT2D eigenvalue weighted by atomic mass is 35.6. The van der Waals surface area contributed by atoms with E-state index in [4.69, 9.17) is 34.8 Å². The molecule has 1 saturated heterocycles. The minimum absolute atomic E-state index is 0.639. The van der Waals surface area contributed by atoms with Crippen molar-refractivity contribution in [1.82, 2.24) is 0 Å². The number of halogens is 3. The highest BCUT2D eigenvalue weighted by Gasteiger charge is 2.31. The van der Waals surface area contributed by atoms with E-state index in [-0.39, 0.29) is 0 Å². The molecule has 0 spiro atoms. The van der Waals surface area contributed by atoms with Crippen LogP contribution < -0.4 is 10.2 Å². The van der Waals surface area contributed by atoms with Crippen LogP contribution in [0.4, 0.5) is 11.4 Å². The number of nitrogens with zero attached hydrogens (tertiary/aromatic N) is 1. The van der Waals surface area contributed by atoms with E-state index >= 15 is 0 Å². The summed E-state index contributed by atoms with van der Waals surface area (Å²) in [7, 11) is 0. The predicted molar refractivity (Wildman–Crippen MR) is 86.0 cm³/mol. The van der Waals surface area contributed by atoms with Crippen LogP contribution in [0.15, 0.2) is 24.3 Å². The second-order valence-electron chi connectivity index (χ2n) is 5.14. The summed E-state index contributed by atoms with van der Waals surface area (Å²) >= 11 is 16.8. The first-order valence-corrected chi connectivity index (χ1v) is 7.73. The van der Waals surface area contributed by atoms with Gasteiger partial charge in [-0.3, -0.25) is 4.79 Å². The maximum atomic E-state index is 11.8. The van der Waals surface area contributed by atoms with E-state index in [0.717, 1.165) is 37.5 Å². The van der Waals surface area contributed by atoms with Crippen molar-refractivity contribution in [3.8, 4) is 0 Å². The Morgan fingerprint density at radius 3 is 2.45 bits per heavy atom. The third-order valence-corrected chi connectivity index (χ3v) is 4.05. The Morgan fingerprint density at radius 1 is 1.25 bits per heavy atom. The summed E-state index contributed by atoms with van der Waals surface area (Å²) in [5, 5.41) is 2.68. The number of hydrogen-bond donors (Lipinski definition) is 1. The highest BCUT2D eigenvalue weighted by molar-refractivity contribution is 6.76. The van der Waals surface area contributed by atoms with Crippen LogP contribution in [-0.2, 0) is 4.79 Å². The molecule has 0 saturated carbocycles. The summed E-state index contributed by atoms with van der Waals surface area (Å²) in [5.41, 5.74) is 1.65. The predicted octanol–water partition coefficient (Wildman–Crippen LogP) is 4.23. The Kier molecular flexibility index (Phi) is 5.05. The van der Waals surface area contributed by atoms with Crippen molar-refractivity contribution in [2.45, 2.75) is 23.6 Å². The number of benzene rings is 1. The van der Waals surface area contributed by atoms with Gasteiger partial charge in [0.15, 0.2) is 0 Å². The van der Waals surface area contributed by atoms with E-state index in [2.05, 4.69) is 17.1 Å². The van der Waals surface area contributed by atoms with Crippen molar-refractivity contribution in [1.29, 1.82) is 0 Å². The molecule has 0 radical (unpaired) electrons. The zero-order valence-corrected chi connectivity index (χ0v) is 13.5. The van der Waals surface area contributed by atoms with Gasteiger partial charge in [-0.2, -0.15) is 0 Å². The number of rotatable bonds is 2. The van der Waals surface area contributed by atoms with E-state index in [9.17, 15) is 4.79 Å². The lowest BCUT2D eigenvalue weighted by Crippen LogP contribution is -2.34. The monoisotopic (exact) mass is 334 g/mol. The van der Waals surface area contributed by atoms with Crippen molar-refractivity contribution < 1.29 is 4.79 Å². The molecule has 1 heterocycles. The number of amides is 1. The minimum atomic E-state index is -1.95. The molecule has 3 nitrogen and oxygen atoms in total. The van der Waals surface area contributed by atoms with E-state index in [1.54, 1.807) is 0 Å². The summed E-state index contributed by atoms with van der Waals surface area (Å²) in [6.07, 6.45) is 2.29. The van der Waals surface area contributed by atoms with Gasteiger partial charge in [0, 0.05) is 13.1 Å². The molecule has 1 aromatic rings. The standard InChI is InChI=1S/C14H17Cl3N2O/c1-10-6-8-19(9-7-10)12-5-3-2-4-11(12)18-13(20)14(15,16)17/h2-5,10H,6-9H2,1H3,(H,18,20). The molecule has 1 fully saturated rings. The number of piperidine rings is 1. The Balaban J connectivity index is 2.16. The number of para-hydroxylation sites is 2. The summed E-state index contributed by atoms with van der Waals surface area (Å²) in [5.74, 6) is 0.106. The molecular formula is C14H17Cl3N2O. The molecule has 0 aromatic heterocycles. The van der Waals surface area contributed by atoms with Gasteiger partial charge in [-0.25, -0.2) is 0 Å². The van der Waals surface area contributed by atoms with Gasteiger partial charge in [-0.1, -0.05) is 53.9 Å². The molecule has 1 aliphatic rings. The molecule has 20 heavy (non-hydrogen) atoms. The molecule has 1 N–H and O–H groups in total. The fourth-order valence-electron chi connectivity index (χ4n) is 2.30. The van der Waals surface area contributed by atoms with Crippen LogP contribution in [0.3, 0.4) is 0 Å². The zero-order chi connectivity index (χ0) is 14.8. The molecule has 0 unspecified atom stereocenters. The molecule has 0 bridgehead atoms. The average Bonchev–Trinajstić information content (AvgIpc) is 2.39. The van der Waals surface area contributed by atoms with Gasteiger partial charge in [-0.05, 0) is 30.9 Å². The van der Waals surface area contributed by atoms with Crippen LogP contribution in [0.2, 0.25) is 0 Å². The van der Waals surface area contributed by atoms with Crippen LogP contribution in [0, 0.1) is 5.92 Å². The topological polar surface area (TPSA) is 32.3 Å². The van der Waals surface area contributed by atoms with E-state index in [1.165, 1.54) is 0 Å². The molecule has 110 valence electrons. The minimum Gasteiger partial charge on any atom is -0.370 e. The van der Waals surface area contributed by atoms with E-state index < -0.39 is 9.70 Å². The van der Waals surface area contributed by atoms with E-state index in [1.807, 2.05) is 24.3 Å². The fourth-order valence-corrected chi connectivity index (χ4v) is 2.44. The van der Waals surface area contributed by atoms with Crippen molar-refractivity contribution in [3.05, 3.63) is 24.3 Å². The highest BCUT2D eigenvalue weighted by Crippen LogP contribution is 2.32. The molecular weight excluding hydrogens is 319 g/mol. The summed E-state index contributed by atoms with van der Waals surface area (Å²) in [6, 6.07) is 7.59.